The molecule has 0 fully saturated rings. The molecule has 0 bridgehead atoms. The van der Waals surface area contributed by atoms with Crippen LogP contribution in [0.3, 0.4) is 0 Å². The average Bonchev–Trinajstić information content (AvgIpc) is 3.06. The lowest BCUT2D eigenvalue weighted by Gasteiger charge is -2.07. The van der Waals surface area contributed by atoms with Crippen molar-refractivity contribution in [3.8, 4) is 5.75 Å². The fraction of sp³-hybridized carbons (Fsp3) is 0.425. The highest BCUT2D eigenvalue weighted by atomic mass is 16.5. The van der Waals surface area contributed by atoms with Gasteiger partial charge in [-0.15, -0.1) is 5.11 Å². The number of nitrogens with zero attached hydrogens (tertiary/aromatic N) is 3. The molecule has 0 aromatic heterocycles. The van der Waals surface area contributed by atoms with Crippen molar-refractivity contribution in [2.24, 2.45) is 15.2 Å². The topological polar surface area (TPSA) is 46.3 Å². The fourth-order valence-corrected chi connectivity index (χ4v) is 5.47. The van der Waals surface area contributed by atoms with E-state index < -0.39 is 0 Å². The molecule has 232 valence electrons. The number of aliphatic imine (C=N–C) groups is 1. The third kappa shape index (κ3) is 11.7. The van der Waals surface area contributed by atoms with Crippen molar-refractivity contribution in [1.29, 1.82) is 0 Å². The molecule has 0 unspecified atom stereocenters. The average molecular weight is 590 g/mol. The number of unbranched alkanes of at least 4 members (excludes halogenated alkanes) is 13. The van der Waals surface area contributed by atoms with Gasteiger partial charge in [-0.1, -0.05) is 132 Å². The van der Waals surface area contributed by atoms with Crippen LogP contribution in [-0.4, -0.2) is 12.8 Å². The Hall–Kier alpha value is -3.79. The van der Waals surface area contributed by atoms with Crippen molar-refractivity contribution in [3.05, 3.63) is 96.1 Å². The summed E-state index contributed by atoms with van der Waals surface area (Å²) in [6.07, 6.45) is 21.1. The number of ether oxygens (including phenoxy) is 1. The van der Waals surface area contributed by atoms with Crippen LogP contribution < -0.4 is 4.74 Å². The summed E-state index contributed by atoms with van der Waals surface area (Å²) in [5.41, 5.74) is 4.84. The smallest absolute Gasteiger partial charge is 0.119 e. The molecule has 0 aliphatic carbocycles. The van der Waals surface area contributed by atoms with E-state index in [4.69, 9.17) is 9.73 Å². The highest BCUT2D eigenvalue weighted by Crippen LogP contribution is 2.34. The number of fused-ring (bicyclic) bond motifs is 1. The standard InChI is InChI=1S/C40H51N3O/c1-3-4-5-6-7-8-9-10-11-12-13-14-15-18-31-44-36-27-23-34(24-28-36)32-41-39-29-30-40(38-20-17-16-19-37(38)39)43-42-35-25-21-33(2)22-26-35/h16-17,19-30,32H,3-15,18,31H2,1-2H3. The molecule has 0 amide bonds. The Labute approximate surface area is 265 Å². The van der Waals surface area contributed by atoms with Crippen molar-refractivity contribution in [1.82, 2.24) is 0 Å². The number of rotatable bonds is 20. The van der Waals surface area contributed by atoms with E-state index >= 15 is 0 Å². The highest BCUT2D eigenvalue weighted by Gasteiger charge is 2.05. The van der Waals surface area contributed by atoms with E-state index in [-0.39, 0.29) is 0 Å². The van der Waals surface area contributed by atoms with Gasteiger partial charge < -0.3 is 4.74 Å². The molecule has 0 heterocycles. The molecule has 0 saturated heterocycles. The minimum atomic E-state index is 0.783. The number of hydrogen-bond donors (Lipinski definition) is 0. The van der Waals surface area contributed by atoms with E-state index in [1.165, 1.54) is 89.0 Å². The summed E-state index contributed by atoms with van der Waals surface area (Å²) in [5, 5.41) is 11.1. The summed E-state index contributed by atoms with van der Waals surface area (Å²) in [6, 6.07) is 28.5. The fourth-order valence-electron chi connectivity index (χ4n) is 5.47. The highest BCUT2D eigenvalue weighted by molar-refractivity contribution is 6.01. The third-order valence-corrected chi connectivity index (χ3v) is 8.18. The van der Waals surface area contributed by atoms with Gasteiger partial charge in [-0.25, -0.2) is 0 Å². The quantitative estimate of drug-likeness (QED) is 0.0574. The van der Waals surface area contributed by atoms with Gasteiger partial charge in [0.25, 0.3) is 0 Å². The molecule has 0 aliphatic heterocycles. The number of benzene rings is 4. The maximum absolute atomic E-state index is 6.00. The van der Waals surface area contributed by atoms with Crippen LogP contribution >= 0.6 is 0 Å². The predicted octanol–water partition coefficient (Wildman–Crippen LogP) is 13.2. The summed E-state index contributed by atoms with van der Waals surface area (Å²) in [7, 11) is 0. The number of azo groups is 1. The van der Waals surface area contributed by atoms with Crippen molar-refractivity contribution in [2.75, 3.05) is 6.61 Å². The molecular formula is C40H51N3O. The molecule has 4 nitrogen and oxygen atoms in total. The molecular weight excluding hydrogens is 538 g/mol. The van der Waals surface area contributed by atoms with Crippen LogP contribution in [0, 0.1) is 6.92 Å². The Balaban J connectivity index is 1.15. The lowest BCUT2D eigenvalue weighted by atomic mass is 10.0. The van der Waals surface area contributed by atoms with Gasteiger partial charge >= 0.3 is 0 Å². The number of hydrogen-bond acceptors (Lipinski definition) is 4. The van der Waals surface area contributed by atoms with Crippen molar-refractivity contribution < 1.29 is 4.74 Å². The molecule has 0 spiro atoms. The van der Waals surface area contributed by atoms with E-state index in [0.717, 1.165) is 52.2 Å². The first-order valence-electron chi connectivity index (χ1n) is 17.0. The van der Waals surface area contributed by atoms with Crippen molar-refractivity contribution >= 4 is 34.0 Å². The summed E-state index contributed by atoms with van der Waals surface area (Å²) in [4.78, 5) is 4.81. The number of aryl methyl sites for hydroxylation is 1. The predicted molar refractivity (Wildman–Crippen MR) is 189 cm³/mol. The van der Waals surface area contributed by atoms with E-state index in [1.54, 1.807) is 0 Å². The van der Waals surface area contributed by atoms with Gasteiger partial charge in [-0.2, -0.15) is 5.11 Å². The first kappa shape index (κ1) is 33.1. The summed E-state index contributed by atoms with van der Waals surface area (Å²) in [5.74, 6) is 0.922. The van der Waals surface area contributed by atoms with E-state index in [2.05, 4.69) is 48.3 Å². The Kier molecular flexibility index (Phi) is 14.7. The monoisotopic (exact) mass is 589 g/mol. The van der Waals surface area contributed by atoms with Gasteiger partial charge in [-0.05, 0) is 67.4 Å². The molecule has 4 aromatic rings. The van der Waals surface area contributed by atoms with E-state index in [9.17, 15) is 0 Å². The van der Waals surface area contributed by atoms with Gasteiger partial charge in [0.15, 0.2) is 0 Å². The summed E-state index contributed by atoms with van der Waals surface area (Å²) in [6.45, 7) is 5.14. The van der Waals surface area contributed by atoms with Crippen molar-refractivity contribution in [2.45, 2.75) is 104 Å². The molecule has 0 aliphatic rings. The first-order valence-corrected chi connectivity index (χ1v) is 17.0. The normalized spacial score (nSPS) is 11.7. The maximum Gasteiger partial charge on any atom is 0.119 e. The zero-order valence-corrected chi connectivity index (χ0v) is 27.0. The van der Waals surface area contributed by atoms with Gasteiger partial charge in [0.2, 0.25) is 0 Å². The second-order valence-corrected chi connectivity index (χ2v) is 12.0. The summed E-state index contributed by atoms with van der Waals surface area (Å²) >= 11 is 0. The van der Waals surface area contributed by atoms with Crippen LogP contribution in [0.1, 0.15) is 108 Å². The maximum atomic E-state index is 6.00. The lowest BCUT2D eigenvalue weighted by molar-refractivity contribution is 0.304. The molecule has 0 atom stereocenters. The van der Waals surface area contributed by atoms with E-state index in [0.29, 0.717) is 0 Å². The molecule has 44 heavy (non-hydrogen) atoms. The molecule has 0 radical (unpaired) electrons. The van der Waals surface area contributed by atoms with Gasteiger partial charge in [0.05, 0.1) is 23.7 Å². The Morgan fingerprint density at radius 2 is 1.09 bits per heavy atom. The van der Waals surface area contributed by atoms with Crippen LogP contribution in [0.4, 0.5) is 17.1 Å². The molecule has 0 N–H and O–H groups in total. The first-order chi connectivity index (χ1) is 21.7. The second-order valence-electron chi connectivity index (χ2n) is 12.0. The lowest BCUT2D eigenvalue weighted by Crippen LogP contribution is -1.97. The van der Waals surface area contributed by atoms with Gasteiger partial charge in [0, 0.05) is 17.0 Å². The van der Waals surface area contributed by atoms with Crippen LogP contribution in [0.5, 0.6) is 5.75 Å². The van der Waals surface area contributed by atoms with Crippen LogP contribution in [0.25, 0.3) is 10.8 Å². The largest absolute Gasteiger partial charge is 0.494 e. The molecule has 4 heteroatoms. The third-order valence-electron chi connectivity index (χ3n) is 8.18. The molecule has 4 rings (SSSR count). The second kappa shape index (κ2) is 19.5. The Morgan fingerprint density at radius 3 is 1.70 bits per heavy atom. The zero-order valence-electron chi connectivity index (χ0n) is 27.0. The van der Waals surface area contributed by atoms with Crippen LogP contribution in [0.15, 0.2) is 100 Å². The van der Waals surface area contributed by atoms with E-state index in [1.807, 2.05) is 66.9 Å². The summed E-state index contributed by atoms with van der Waals surface area (Å²) < 4.78 is 6.00. The van der Waals surface area contributed by atoms with Gasteiger partial charge in [-0.3, -0.25) is 4.99 Å². The minimum Gasteiger partial charge on any atom is -0.494 e. The zero-order chi connectivity index (χ0) is 30.7. The van der Waals surface area contributed by atoms with Gasteiger partial charge in [0.1, 0.15) is 5.75 Å². The Bertz CT molecular complexity index is 1420. The van der Waals surface area contributed by atoms with Crippen LogP contribution in [-0.2, 0) is 0 Å². The molecule has 4 aromatic carbocycles. The SMILES string of the molecule is CCCCCCCCCCCCCCCCOc1ccc(C=Nc2ccc(N=Nc3ccc(C)cc3)c3ccccc23)cc1. The van der Waals surface area contributed by atoms with Crippen molar-refractivity contribution in [3.63, 3.8) is 0 Å². The minimum absolute atomic E-state index is 0.783. The molecule has 0 saturated carbocycles. The Morgan fingerprint density at radius 1 is 0.545 bits per heavy atom. The van der Waals surface area contributed by atoms with Crippen LogP contribution in [0.2, 0.25) is 0 Å².